The van der Waals surface area contributed by atoms with Crippen molar-refractivity contribution in [2.24, 2.45) is 5.92 Å². The predicted molar refractivity (Wildman–Crippen MR) is 140 cm³/mol. The van der Waals surface area contributed by atoms with Gasteiger partial charge in [-0.15, -0.1) is 0 Å². The summed E-state index contributed by atoms with van der Waals surface area (Å²) in [6, 6.07) is 23.7. The van der Waals surface area contributed by atoms with E-state index in [1.54, 1.807) is 0 Å². The standard InChI is InChI=1S/C30H42N2O/c1-24(2)17-19-31(23-29(33)20-25-10-7-6-8-11-25)22-28-12-9-18-32(28)21-26-13-15-27(16-14-26)30(3,4)5/h6-16,18,24,29,33H,17,19-23H2,1-5H3/t29-/m1/s1. The Hall–Kier alpha value is -2.36. The molecule has 178 valence electrons. The first-order valence-corrected chi connectivity index (χ1v) is 12.4. The highest BCUT2D eigenvalue weighted by molar-refractivity contribution is 5.28. The van der Waals surface area contributed by atoms with E-state index < -0.39 is 0 Å². The van der Waals surface area contributed by atoms with Crippen LogP contribution in [0.25, 0.3) is 0 Å². The zero-order valence-corrected chi connectivity index (χ0v) is 21.2. The van der Waals surface area contributed by atoms with Crippen molar-refractivity contribution < 1.29 is 5.11 Å². The minimum absolute atomic E-state index is 0.175. The van der Waals surface area contributed by atoms with Gasteiger partial charge in [-0.3, -0.25) is 4.90 Å². The Morgan fingerprint density at radius 1 is 0.879 bits per heavy atom. The lowest BCUT2D eigenvalue weighted by Gasteiger charge is -2.26. The van der Waals surface area contributed by atoms with Gasteiger partial charge in [0.2, 0.25) is 0 Å². The molecule has 33 heavy (non-hydrogen) atoms. The molecule has 1 atom stereocenters. The van der Waals surface area contributed by atoms with Crippen LogP contribution in [0.2, 0.25) is 0 Å². The van der Waals surface area contributed by atoms with Gasteiger partial charge in [-0.25, -0.2) is 0 Å². The Balaban J connectivity index is 1.66. The first-order chi connectivity index (χ1) is 15.7. The van der Waals surface area contributed by atoms with Gasteiger partial charge in [-0.1, -0.05) is 89.2 Å². The normalized spacial score (nSPS) is 13.1. The van der Waals surface area contributed by atoms with Crippen molar-refractivity contribution in [2.45, 2.75) is 72.1 Å². The highest BCUT2D eigenvalue weighted by Gasteiger charge is 2.16. The van der Waals surface area contributed by atoms with Crippen molar-refractivity contribution in [3.05, 3.63) is 95.3 Å². The molecule has 1 N–H and O–H groups in total. The van der Waals surface area contributed by atoms with Crippen molar-refractivity contribution in [1.82, 2.24) is 9.47 Å². The Morgan fingerprint density at radius 3 is 2.21 bits per heavy atom. The topological polar surface area (TPSA) is 28.4 Å². The summed E-state index contributed by atoms with van der Waals surface area (Å²) in [6.45, 7) is 14.7. The molecule has 0 bridgehead atoms. The van der Waals surface area contributed by atoms with Crippen LogP contribution in [-0.4, -0.2) is 33.8 Å². The molecule has 0 saturated carbocycles. The van der Waals surface area contributed by atoms with E-state index in [9.17, 15) is 5.11 Å². The second-order valence-corrected chi connectivity index (χ2v) is 10.8. The fourth-order valence-corrected chi connectivity index (χ4v) is 4.21. The first kappa shape index (κ1) is 25.3. The fourth-order valence-electron chi connectivity index (χ4n) is 4.21. The van der Waals surface area contributed by atoms with Crippen LogP contribution >= 0.6 is 0 Å². The van der Waals surface area contributed by atoms with Gasteiger partial charge in [0.15, 0.2) is 0 Å². The van der Waals surface area contributed by atoms with Crippen LogP contribution in [0.1, 0.15) is 63.4 Å². The number of aromatic nitrogens is 1. The molecule has 3 aromatic rings. The molecule has 0 amide bonds. The van der Waals surface area contributed by atoms with Crippen LogP contribution in [0.3, 0.4) is 0 Å². The molecule has 0 aliphatic carbocycles. The second kappa shape index (κ2) is 11.7. The van der Waals surface area contributed by atoms with Gasteiger partial charge in [-0.05, 0) is 59.5 Å². The van der Waals surface area contributed by atoms with E-state index >= 15 is 0 Å². The van der Waals surface area contributed by atoms with Gasteiger partial charge < -0.3 is 9.67 Å². The zero-order chi connectivity index (χ0) is 23.8. The zero-order valence-electron chi connectivity index (χ0n) is 21.2. The first-order valence-electron chi connectivity index (χ1n) is 12.4. The molecule has 3 heteroatoms. The Labute approximate surface area is 201 Å². The summed E-state index contributed by atoms with van der Waals surface area (Å²) >= 11 is 0. The average molecular weight is 447 g/mol. The third-order valence-corrected chi connectivity index (χ3v) is 6.29. The van der Waals surface area contributed by atoms with Crippen LogP contribution in [0, 0.1) is 5.92 Å². The minimum atomic E-state index is -0.368. The summed E-state index contributed by atoms with van der Waals surface area (Å²) < 4.78 is 2.35. The van der Waals surface area contributed by atoms with Crippen molar-refractivity contribution in [3.63, 3.8) is 0 Å². The van der Waals surface area contributed by atoms with E-state index in [0.29, 0.717) is 18.9 Å². The maximum Gasteiger partial charge on any atom is 0.0707 e. The highest BCUT2D eigenvalue weighted by atomic mass is 16.3. The molecular formula is C30H42N2O. The smallest absolute Gasteiger partial charge is 0.0707 e. The van der Waals surface area contributed by atoms with E-state index in [1.807, 2.05) is 18.2 Å². The molecule has 3 nitrogen and oxygen atoms in total. The second-order valence-electron chi connectivity index (χ2n) is 10.8. The minimum Gasteiger partial charge on any atom is -0.391 e. The lowest BCUT2D eigenvalue weighted by molar-refractivity contribution is 0.104. The third kappa shape index (κ3) is 8.17. The molecular weight excluding hydrogens is 404 g/mol. The Kier molecular flexibility index (Phi) is 8.94. The van der Waals surface area contributed by atoms with E-state index in [2.05, 4.69) is 98.8 Å². The lowest BCUT2D eigenvalue weighted by atomic mass is 9.87. The Morgan fingerprint density at radius 2 is 1.58 bits per heavy atom. The number of rotatable bonds is 11. The summed E-state index contributed by atoms with van der Waals surface area (Å²) in [6.07, 6.45) is 3.63. The van der Waals surface area contributed by atoms with Crippen LogP contribution < -0.4 is 0 Å². The SMILES string of the molecule is CC(C)CCN(Cc1cccn1Cc1ccc(C(C)(C)C)cc1)C[C@H](O)Cc1ccccc1. The maximum absolute atomic E-state index is 10.8. The summed E-state index contributed by atoms with van der Waals surface area (Å²) in [5.74, 6) is 0.645. The predicted octanol–water partition coefficient (Wildman–Crippen LogP) is 6.29. The van der Waals surface area contributed by atoms with Gasteiger partial charge >= 0.3 is 0 Å². The molecule has 1 aromatic heterocycles. The van der Waals surface area contributed by atoms with Crippen molar-refractivity contribution in [2.75, 3.05) is 13.1 Å². The molecule has 0 radical (unpaired) electrons. The van der Waals surface area contributed by atoms with E-state index in [4.69, 9.17) is 0 Å². The Bertz CT molecular complexity index is 951. The molecule has 3 rings (SSSR count). The maximum atomic E-state index is 10.8. The number of nitrogens with zero attached hydrogens (tertiary/aromatic N) is 2. The van der Waals surface area contributed by atoms with Gasteiger partial charge in [0.1, 0.15) is 0 Å². The molecule has 0 fully saturated rings. The molecule has 0 saturated heterocycles. The van der Waals surface area contributed by atoms with E-state index in [-0.39, 0.29) is 11.5 Å². The summed E-state index contributed by atoms with van der Waals surface area (Å²) in [5, 5.41) is 10.8. The molecule has 0 unspecified atom stereocenters. The molecule has 0 aliphatic heterocycles. The number of aliphatic hydroxyl groups is 1. The molecule has 0 spiro atoms. The van der Waals surface area contributed by atoms with Crippen molar-refractivity contribution in [3.8, 4) is 0 Å². The monoisotopic (exact) mass is 446 g/mol. The number of aliphatic hydroxyl groups excluding tert-OH is 1. The lowest BCUT2D eigenvalue weighted by Crippen LogP contribution is -2.35. The summed E-state index contributed by atoms with van der Waals surface area (Å²) in [4.78, 5) is 2.42. The van der Waals surface area contributed by atoms with Crippen LogP contribution in [0.5, 0.6) is 0 Å². The molecule has 0 aliphatic rings. The number of benzene rings is 2. The summed E-state index contributed by atoms with van der Waals surface area (Å²) in [7, 11) is 0. The van der Waals surface area contributed by atoms with Gasteiger partial charge in [0, 0.05) is 31.5 Å². The number of hydrogen-bond acceptors (Lipinski definition) is 2. The van der Waals surface area contributed by atoms with Crippen LogP contribution in [0.15, 0.2) is 72.9 Å². The van der Waals surface area contributed by atoms with Crippen molar-refractivity contribution >= 4 is 0 Å². The van der Waals surface area contributed by atoms with E-state index in [1.165, 1.54) is 22.4 Å². The third-order valence-electron chi connectivity index (χ3n) is 6.29. The summed E-state index contributed by atoms with van der Waals surface area (Å²) in [5.41, 5.74) is 5.35. The highest BCUT2D eigenvalue weighted by Crippen LogP contribution is 2.23. The van der Waals surface area contributed by atoms with E-state index in [0.717, 1.165) is 26.1 Å². The van der Waals surface area contributed by atoms with Gasteiger partial charge in [0.05, 0.1) is 6.10 Å². The molecule has 2 aromatic carbocycles. The van der Waals surface area contributed by atoms with Gasteiger partial charge in [0.25, 0.3) is 0 Å². The number of hydrogen-bond donors (Lipinski definition) is 1. The fraction of sp³-hybridized carbons (Fsp3) is 0.467. The average Bonchev–Trinajstić information content (AvgIpc) is 3.19. The van der Waals surface area contributed by atoms with Crippen molar-refractivity contribution in [1.29, 1.82) is 0 Å². The largest absolute Gasteiger partial charge is 0.391 e. The molecule has 1 heterocycles. The van der Waals surface area contributed by atoms with Crippen LogP contribution in [0.4, 0.5) is 0 Å². The van der Waals surface area contributed by atoms with Gasteiger partial charge in [-0.2, -0.15) is 0 Å². The van der Waals surface area contributed by atoms with Crippen LogP contribution in [-0.2, 0) is 24.9 Å². The quantitative estimate of drug-likeness (QED) is 0.375.